The molecule has 0 spiro atoms. The molecule has 1 fully saturated rings. The second-order valence-corrected chi connectivity index (χ2v) is 8.77. The zero-order valence-electron chi connectivity index (χ0n) is 17.3. The summed E-state index contributed by atoms with van der Waals surface area (Å²) in [6.45, 7) is 8.26. The van der Waals surface area contributed by atoms with Crippen molar-refractivity contribution in [3.63, 3.8) is 0 Å². The third-order valence-corrected chi connectivity index (χ3v) is 5.98. The summed E-state index contributed by atoms with van der Waals surface area (Å²) in [4.78, 5) is 15.3. The highest BCUT2D eigenvalue weighted by atomic mass is 19.1. The molecular formula is C22H30FN5O. The standard InChI is InChI=1S/C22H30FN5O/c1-15(2)13-27-11-9-17(10-12-27)22(29)24-19-7-8-20-25-26-21(28(20)14-19)16-3-5-18(23)6-4-16/h3-6,15,17,19H,7-14H2,1-2H3,(H,24,29)/t19-/m0/s1. The number of benzene rings is 1. The summed E-state index contributed by atoms with van der Waals surface area (Å²) in [5.74, 6) is 2.35. The Kier molecular flexibility index (Phi) is 5.94. The van der Waals surface area contributed by atoms with E-state index in [1.54, 1.807) is 12.1 Å². The van der Waals surface area contributed by atoms with Crippen molar-refractivity contribution in [3.8, 4) is 11.4 Å². The lowest BCUT2D eigenvalue weighted by molar-refractivity contribution is -0.127. The van der Waals surface area contributed by atoms with E-state index < -0.39 is 0 Å². The van der Waals surface area contributed by atoms with Crippen LogP contribution < -0.4 is 5.32 Å². The van der Waals surface area contributed by atoms with Crippen LogP contribution in [0.15, 0.2) is 24.3 Å². The SMILES string of the molecule is CC(C)CN1CCC(C(=O)N[C@H]2CCc3nnc(-c4ccc(F)cc4)n3C2)CC1. The van der Waals surface area contributed by atoms with Gasteiger partial charge in [0.25, 0.3) is 0 Å². The van der Waals surface area contributed by atoms with Crippen LogP contribution in [-0.4, -0.2) is 51.2 Å². The highest BCUT2D eigenvalue weighted by Crippen LogP contribution is 2.24. The Bertz CT molecular complexity index is 839. The molecule has 0 unspecified atom stereocenters. The monoisotopic (exact) mass is 399 g/mol. The molecule has 1 aromatic heterocycles. The number of carbonyl (C=O) groups excluding carboxylic acids is 1. The smallest absolute Gasteiger partial charge is 0.223 e. The molecule has 4 rings (SSSR count). The van der Waals surface area contributed by atoms with E-state index in [-0.39, 0.29) is 23.7 Å². The van der Waals surface area contributed by atoms with E-state index in [0.29, 0.717) is 12.5 Å². The van der Waals surface area contributed by atoms with Crippen molar-refractivity contribution < 1.29 is 9.18 Å². The van der Waals surface area contributed by atoms with E-state index in [2.05, 4.69) is 38.8 Å². The predicted octanol–water partition coefficient (Wildman–Crippen LogP) is 2.88. The van der Waals surface area contributed by atoms with Crippen LogP contribution in [0.2, 0.25) is 0 Å². The number of aromatic nitrogens is 3. The van der Waals surface area contributed by atoms with E-state index in [1.807, 2.05) is 0 Å². The molecule has 6 nitrogen and oxygen atoms in total. The maximum absolute atomic E-state index is 13.2. The van der Waals surface area contributed by atoms with Gasteiger partial charge in [0.05, 0.1) is 0 Å². The van der Waals surface area contributed by atoms with Crippen LogP contribution >= 0.6 is 0 Å². The van der Waals surface area contributed by atoms with E-state index in [1.165, 1.54) is 12.1 Å². The number of amides is 1. The average molecular weight is 400 g/mol. The van der Waals surface area contributed by atoms with Gasteiger partial charge in [0.2, 0.25) is 5.91 Å². The minimum atomic E-state index is -0.267. The van der Waals surface area contributed by atoms with Crippen molar-refractivity contribution in [2.75, 3.05) is 19.6 Å². The van der Waals surface area contributed by atoms with Crippen molar-refractivity contribution in [3.05, 3.63) is 35.9 Å². The zero-order chi connectivity index (χ0) is 20.4. The van der Waals surface area contributed by atoms with Crippen LogP contribution in [0.1, 0.15) is 38.9 Å². The summed E-state index contributed by atoms with van der Waals surface area (Å²) in [5.41, 5.74) is 0.842. The molecule has 7 heteroatoms. The van der Waals surface area contributed by atoms with Gasteiger partial charge >= 0.3 is 0 Å². The molecular weight excluding hydrogens is 369 g/mol. The summed E-state index contributed by atoms with van der Waals surface area (Å²) in [5, 5.41) is 11.9. The summed E-state index contributed by atoms with van der Waals surface area (Å²) < 4.78 is 15.3. The van der Waals surface area contributed by atoms with Gasteiger partial charge in [0, 0.05) is 37.0 Å². The van der Waals surface area contributed by atoms with E-state index >= 15 is 0 Å². The maximum Gasteiger partial charge on any atom is 0.223 e. The number of aryl methyl sites for hydroxylation is 1. The van der Waals surface area contributed by atoms with Gasteiger partial charge in [-0.05, 0) is 62.5 Å². The number of rotatable bonds is 5. The van der Waals surface area contributed by atoms with Gasteiger partial charge in [0.1, 0.15) is 11.6 Å². The molecule has 2 aliphatic heterocycles. The van der Waals surface area contributed by atoms with E-state index in [9.17, 15) is 9.18 Å². The van der Waals surface area contributed by atoms with Gasteiger partial charge in [-0.2, -0.15) is 0 Å². The number of halogens is 1. The summed E-state index contributed by atoms with van der Waals surface area (Å²) in [6.07, 6.45) is 3.53. The number of piperidine rings is 1. The van der Waals surface area contributed by atoms with Crippen molar-refractivity contribution in [1.82, 2.24) is 25.0 Å². The molecule has 0 saturated carbocycles. The molecule has 1 aromatic carbocycles. The van der Waals surface area contributed by atoms with Crippen LogP contribution in [0, 0.1) is 17.7 Å². The average Bonchev–Trinajstić information content (AvgIpc) is 3.12. The minimum absolute atomic E-state index is 0.0823. The highest BCUT2D eigenvalue weighted by Gasteiger charge is 2.29. The summed E-state index contributed by atoms with van der Waals surface area (Å²) in [6, 6.07) is 6.40. The third kappa shape index (κ3) is 4.66. The quantitative estimate of drug-likeness (QED) is 0.840. The summed E-state index contributed by atoms with van der Waals surface area (Å²) in [7, 11) is 0. The molecule has 1 N–H and O–H groups in total. The predicted molar refractivity (Wildman–Crippen MR) is 110 cm³/mol. The Balaban J connectivity index is 1.36. The molecule has 29 heavy (non-hydrogen) atoms. The number of nitrogens with zero attached hydrogens (tertiary/aromatic N) is 4. The van der Waals surface area contributed by atoms with Crippen molar-refractivity contribution in [2.24, 2.45) is 11.8 Å². The number of hydrogen-bond acceptors (Lipinski definition) is 4. The van der Waals surface area contributed by atoms with Crippen LogP contribution in [0.4, 0.5) is 4.39 Å². The zero-order valence-corrected chi connectivity index (χ0v) is 17.3. The molecule has 2 aliphatic rings. The van der Waals surface area contributed by atoms with Crippen LogP contribution in [0.3, 0.4) is 0 Å². The maximum atomic E-state index is 13.2. The molecule has 0 bridgehead atoms. The minimum Gasteiger partial charge on any atom is -0.351 e. The van der Waals surface area contributed by atoms with Gasteiger partial charge in [-0.15, -0.1) is 10.2 Å². The first-order valence-electron chi connectivity index (χ1n) is 10.7. The molecule has 1 atom stereocenters. The molecule has 0 radical (unpaired) electrons. The van der Waals surface area contributed by atoms with E-state index in [4.69, 9.17) is 0 Å². The molecule has 0 aliphatic carbocycles. The Hall–Kier alpha value is -2.28. The number of likely N-dealkylation sites (tertiary alicyclic amines) is 1. The van der Waals surface area contributed by atoms with Gasteiger partial charge in [0.15, 0.2) is 5.82 Å². The highest BCUT2D eigenvalue weighted by molar-refractivity contribution is 5.79. The fourth-order valence-corrected chi connectivity index (χ4v) is 4.47. The van der Waals surface area contributed by atoms with Crippen LogP contribution in [0.25, 0.3) is 11.4 Å². The Labute approximate surface area is 171 Å². The fraction of sp³-hybridized carbons (Fsp3) is 0.591. The van der Waals surface area contributed by atoms with Crippen molar-refractivity contribution >= 4 is 5.91 Å². The second kappa shape index (κ2) is 8.61. The van der Waals surface area contributed by atoms with Crippen LogP contribution in [-0.2, 0) is 17.8 Å². The molecule has 1 saturated heterocycles. The Morgan fingerprint density at radius 2 is 1.90 bits per heavy atom. The third-order valence-electron chi connectivity index (χ3n) is 5.98. The van der Waals surface area contributed by atoms with Crippen molar-refractivity contribution in [1.29, 1.82) is 0 Å². The first kappa shape index (κ1) is 20.0. The Morgan fingerprint density at radius 3 is 2.59 bits per heavy atom. The number of hydrogen-bond donors (Lipinski definition) is 1. The molecule has 156 valence electrons. The van der Waals surface area contributed by atoms with Gasteiger partial charge in [-0.3, -0.25) is 4.79 Å². The van der Waals surface area contributed by atoms with Crippen molar-refractivity contribution in [2.45, 2.75) is 52.1 Å². The second-order valence-electron chi connectivity index (χ2n) is 8.77. The first-order valence-corrected chi connectivity index (χ1v) is 10.7. The lowest BCUT2D eigenvalue weighted by Crippen LogP contribution is -2.47. The van der Waals surface area contributed by atoms with Crippen LogP contribution in [0.5, 0.6) is 0 Å². The number of carbonyl (C=O) groups is 1. The van der Waals surface area contributed by atoms with Gasteiger partial charge in [-0.1, -0.05) is 13.8 Å². The number of fused-ring (bicyclic) bond motifs is 1. The first-order chi connectivity index (χ1) is 14.0. The fourth-order valence-electron chi connectivity index (χ4n) is 4.47. The molecule has 2 aromatic rings. The summed E-state index contributed by atoms with van der Waals surface area (Å²) >= 11 is 0. The van der Waals surface area contributed by atoms with Gasteiger partial charge in [-0.25, -0.2) is 4.39 Å². The molecule has 1 amide bonds. The Morgan fingerprint density at radius 1 is 1.17 bits per heavy atom. The largest absolute Gasteiger partial charge is 0.351 e. The lowest BCUT2D eigenvalue weighted by Gasteiger charge is -2.33. The van der Waals surface area contributed by atoms with Gasteiger partial charge < -0.3 is 14.8 Å². The van der Waals surface area contributed by atoms with E-state index in [0.717, 1.165) is 62.5 Å². The normalized spacial score (nSPS) is 20.6. The molecule has 3 heterocycles. The number of nitrogens with one attached hydrogen (secondary N) is 1. The lowest BCUT2D eigenvalue weighted by atomic mass is 9.94. The topological polar surface area (TPSA) is 63.1 Å².